The Labute approximate surface area is 194 Å². The highest BCUT2D eigenvalue weighted by Crippen LogP contribution is 2.24. The third kappa shape index (κ3) is 9.63. The van der Waals surface area contributed by atoms with Gasteiger partial charge in [0.1, 0.15) is 0 Å². The molecule has 1 unspecified atom stereocenters. The van der Waals surface area contributed by atoms with Crippen molar-refractivity contribution < 1.29 is 4.74 Å². The van der Waals surface area contributed by atoms with Crippen molar-refractivity contribution in [2.45, 2.75) is 32.2 Å². The highest BCUT2D eigenvalue weighted by molar-refractivity contribution is 14.0. The Balaban J connectivity index is 0.00000420. The average molecular weight is 518 g/mol. The number of nitrogens with zero attached hydrogens (tertiary/aromatic N) is 3. The molecule has 1 aromatic carbocycles. The fraction of sp³-hybridized carbons (Fsp3) is 0.682. The minimum absolute atomic E-state index is 0. The summed E-state index contributed by atoms with van der Waals surface area (Å²) >= 11 is 0. The number of ether oxygens (including phenoxy) is 1. The quantitative estimate of drug-likeness (QED) is 0.205. The predicted octanol–water partition coefficient (Wildman–Crippen LogP) is 2.88. The molecule has 0 bridgehead atoms. The van der Waals surface area contributed by atoms with E-state index in [4.69, 9.17) is 4.74 Å². The molecule has 1 atom stereocenters. The van der Waals surface area contributed by atoms with Crippen molar-refractivity contribution in [1.82, 2.24) is 20.4 Å². The molecule has 2 rings (SSSR count). The van der Waals surface area contributed by atoms with Gasteiger partial charge in [-0.1, -0.05) is 29.8 Å². The van der Waals surface area contributed by atoms with E-state index in [0.717, 1.165) is 45.2 Å². The molecule has 166 valence electrons. The zero-order chi connectivity index (χ0) is 20.2. The van der Waals surface area contributed by atoms with Gasteiger partial charge in [0, 0.05) is 46.9 Å². The van der Waals surface area contributed by atoms with E-state index in [1.165, 1.54) is 37.1 Å². The van der Waals surface area contributed by atoms with Gasteiger partial charge in [-0.2, -0.15) is 0 Å². The van der Waals surface area contributed by atoms with Gasteiger partial charge in [-0.15, -0.1) is 24.0 Å². The fourth-order valence-electron chi connectivity index (χ4n) is 3.67. The summed E-state index contributed by atoms with van der Waals surface area (Å²) < 4.78 is 5.12. The molecule has 1 aromatic rings. The average Bonchev–Trinajstić information content (AvgIpc) is 3.22. The number of benzene rings is 1. The number of likely N-dealkylation sites (N-methyl/N-ethyl adjacent to an activating group) is 1. The summed E-state index contributed by atoms with van der Waals surface area (Å²) in [4.78, 5) is 9.31. The SMILES string of the molecule is CN=C(NCCN(C)CCCOC)NCC(c1ccc(C)cc1)N1CCCC1.I. The second kappa shape index (κ2) is 15.0. The molecule has 0 amide bonds. The zero-order valence-corrected chi connectivity index (χ0v) is 20.9. The molecule has 6 nitrogen and oxygen atoms in total. The van der Waals surface area contributed by atoms with Crippen LogP contribution in [0.15, 0.2) is 29.3 Å². The summed E-state index contributed by atoms with van der Waals surface area (Å²) in [6, 6.07) is 9.35. The second-order valence-corrected chi connectivity index (χ2v) is 7.70. The van der Waals surface area contributed by atoms with E-state index in [-0.39, 0.29) is 24.0 Å². The molecule has 1 aliphatic heterocycles. The van der Waals surface area contributed by atoms with Crippen LogP contribution >= 0.6 is 24.0 Å². The van der Waals surface area contributed by atoms with Crippen LogP contribution in [0.25, 0.3) is 0 Å². The lowest BCUT2D eigenvalue weighted by Gasteiger charge is -2.29. The predicted molar refractivity (Wildman–Crippen MR) is 133 cm³/mol. The van der Waals surface area contributed by atoms with E-state index < -0.39 is 0 Å². The van der Waals surface area contributed by atoms with Crippen LogP contribution in [-0.4, -0.2) is 82.8 Å². The van der Waals surface area contributed by atoms with Crippen molar-refractivity contribution in [3.05, 3.63) is 35.4 Å². The van der Waals surface area contributed by atoms with Crippen LogP contribution in [0.1, 0.15) is 36.4 Å². The molecule has 29 heavy (non-hydrogen) atoms. The molecular formula is C22H40IN5O. The molecule has 1 saturated heterocycles. The summed E-state index contributed by atoms with van der Waals surface area (Å²) in [5.74, 6) is 0.876. The van der Waals surface area contributed by atoms with Crippen LogP contribution in [0, 0.1) is 6.92 Å². The largest absolute Gasteiger partial charge is 0.385 e. The van der Waals surface area contributed by atoms with Gasteiger partial charge in [0.05, 0.1) is 6.04 Å². The Kier molecular flexibility index (Phi) is 13.5. The Morgan fingerprint density at radius 2 is 1.86 bits per heavy atom. The molecule has 1 aliphatic rings. The molecule has 7 heteroatoms. The summed E-state index contributed by atoms with van der Waals surface area (Å²) in [5, 5.41) is 6.99. The Morgan fingerprint density at radius 3 is 2.48 bits per heavy atom. The fourth-order valence-corrected chi connectivity index (χ4v) is 3.67. The van der Waals surface area contributed by atoms with Crippen molar-refractivity contribution in [2.24, 2.45) is 4.99 Å². The van der Waals surface area contributed by atoms with Crippen LogP contribution in [0.4, 0.5) is 0 Å². The van der Waals surface area contributed by atoms with Crippen LogP contribution in [-0.2, 0) is 4.74 Å². The van der Waals surface area contributed by atoms with Crippen molar-refractivity contribution in [3.63, 3.8) is 0 Å². The van der Waals surface area contributed by atoms with Gasteiger partial charge in [-0.3, -0.25) is 9.89 Å². The lowest BCUT2D eigenvalue weighted by Crippen LogP contribution is -2.44. The van der Waals surface area contributed by atoms with E-state index >= 15 is 0 Å². The number of aryl methyl sites for hydroxylation is 1. The lowest BCUT2D eigenvalue weighted by atomic mass is 10.0. The van der Waals surface area contributed by atoms with Gasteiger partial charge in [-0.05, 0) is 51.9 Å². The van der Waals surface area contributed by atoms with E-state index in [0.29, 0.717) is 6.04 Å². The molecule has 0 aliphatic carbocycles. The van der Waals surface area contributed by atoms with Crippen LogP contribution in [0.2, 0.25) is 0 Å². The van der Waals surface area contributed by atoms with Crippen LogP contribution in [0.3, 0.4) is 0 Å². The second-order valence-electron chi connectivity index (χ2n) is 7.70. The molecule has 0 aromatic heterocycles. The normalized spacial score (nSPS) is 16.0. The van der Waals surface area contributed by atoms with Gasteiger partial charge < -0.3 is 20.3 Å². The highest BCUT2D eigenvalue weighted by atomic mass is 127. The molecule has 0 saturated carbocycles. The Morgan fingerprint density at radius 1 is 1.17 bits per heavy atom. The lowest BCUT2D eigenvalue weighted by molar-refractivity contribution is 0.180. The van der Waals surface area contributed by atoms with E-state index in [2.05, 4.69) is 63.7 Å². The first-order valence-corrected chi connectivity index (χ1v) is 10.6. The summed E-state index contributed by atoms with van der Waals surface area (Å²) in [7, 11) is 5.74. The molecule has 1 fully saturated rings. The number of likely N-dealkylation sites (tertiary alicyclic amines) is 1. The van der Waals surface area contributed by atoms with Crippen molar-refractivity contribution in [3.8, 4) is 0 Å². The molecule has 0 radical (unpaired) electrons. The number of aliphatic imine (C=N–C) groups is 1. The van der Waals surface area contributed by atoms with E-state index in [9.17, 15) is 0 Å². The number of hydrogen-bond acceptors (Lipinski definition) is 4. The summed E-state index contributed by atoms with van der Waals surface area (Å²) in [5.41, 5.74) is 2.69. The maximum absolute atomic E-state index is 5.12. The molecular weight excluding hydrogens is 477 g/mol. The number of halogens is 1. The first-order valence-electron chi connectivity index (χ1n) is 10.6. The molecule has 1 heterocycles. The van der Waals surface area contributed by atoms with Gasteiger partial charge in [0.15, 0.2) is 5.96 Å². The van der Waals surface area contributed by atoms with Gasteiger partial charge in [0.25, 0.3) is 0 Å². The first kappa shape index (κ1) is 26.1. The Hall–Kier alpha value is -0.900. The summed E-state index contributed by atoms with van der Waals surface area (Å²) in [6.45, 7) is 9.10. The maximum Gasteiger partial charge on any atom is 0.191 e. The number of rotatable bonds is 11. The van der Waals surface area contributed by atoms with Crippen molar-refractivity contribution in [1.29, 1.82) is 0 Å². The standard InChI is InChI=1S/C22H39N5O.HI/c1-19-8-10-20(11-9-19)21(27-14-5-6-15-27)18-25-22(23-2)24-12-16-26(3)13-7-17-28-4;/h8-11,21H,5-7,12-18H2,1-4H3,(H2,23,24,25);1H. The van der Waals surface area contributed by atoms with Gasteiger partial charge in [-0.25, -0.2) is 0 Å². The molecule has 2 N–H and O–H groups in total. The minimum atomic E-state index is 0. The number of hydrogen-bond donors (Lipinski definition) is 2. The third-order valence-corrected chi connectivity index (χ3v) is 5.40. The van der Waals surface area contributed by atoms with E-state index in [1.807, 2.05) is 7.05 Å². The smallest absolute Gasteiger partial charge is 0.191 e. The monoisotopic (exact) mass is 517 g/mol. The van der Waals surface area contributed by atoms with E-state index in [1.54, 1.807) is 7.11 Å². The number of nitrogens with one attached hydrogen (secondary N) is 2. The molecule has 0 spiro atoms. The van der Waals surface area contributed by atoms with Crippen LogP contribution < -0.4 is 10.6 Å². The number of methoxy groups -OCH3 is 1. The van der Waals surface area contributed by atoms with Crippen LogP contribution in [0.5, 0.6) is 0 Å². The van der Waals surface area contributed by atoms with Gasteiger partial charge >= 0.3 is 0 Å². The summed E-state index contributed by atoms with van der Waals surface area (Å²) in [6.07, 6.45) is 3.66. The highest BCUT2D eigenvalue weighted by Gasteiger charge is 2.23. The van der Waals surface area contributed by atoms with Crippen molar-refractivity contribution in [2.75, 3.05) is 67.1 Å². The van der Waals surface area contributed by atoms with Gasteiger partial charge in [0.2, 0.25) is 0 Å². The topological polar surface area (TPSA) is 52.1 Å². The number of guanidine groups is 1. The third-order valence-electron chi connectivity index (χ3n) is 5.40. The minimum Gasteiger partial charge on any atom is -0.385 e. The van der Waals surface area contributed by atoms with Crippen molar-refractivity contribution >= 4 is 29.9 Å². The Bertz CT molecular complexity index is 575. The first-order chi connectivity index (χ1) is 13.6. The zero-order valence-electron chi connectivity index (χ0n) is 18.6. The maximum atomic E-state index is 5.12.